The standard InChI is InChI=1S/C20H25ClN4O2/c21-16-7-3-6-15(14-16)20(9-4-10-20)18(26)22-11-5-13-25-19(27)24-12-2-1-8-17(24)23-25/h3,6-7,14H,1-2,4-5,8-13H2,(H,22,26). The summed E-state index contributed by atoms with van der Waals surface area (Å²) in [5.74, 6) is 0.956. The molecule has 0 bridgehead atoms. The maximum atomic E-state index is 12.9. The summed E-state index contributed by atoms with van der Waals surface area (Å²) in [6.07, 6.45) is 6.46. The van der Waals surface area contributed by atoms with Crippen LogP contribution < -0.4 is 11.0 Å². The van der Waals surface area contributed by atoms with Gasteiger partial charge in [0, 0.05) is 31.1 Å². The zero-order valence-electron chi connectivity index (χ0n) is 15.4. The molecule has 1 saturated carbocycles. The topological polar surface area (TPSA) is 68.9 Å². The molecule has 4 rings (SSSR count). The van der Waals surface area contributed by atoms with Crippen LogP contribution in [0, 0.1) is 0 Å². The molecule has 0 unspecified atom stereocenters. The summed E-state index contributed by atoms with van der Waals surface area (Å²) in [5.41, 5.74) is 0.525. The molecule has 2 aliphatic rings. The largest absolute Gasteiger partial charge is 0.355 e. The van der Waals surface area contributed by atoms with Crippen molar-refractivity contribution < 1.29 is 4.79 Å². The monoisotopic (exact) mass is 388 g/mol. The molecule has 1 aliphatic heterocycles. The van der Waals surface area contributed by atoms with Gasteiger partial charge in [0.2, 0.25) is 5.91 Å². The van der Waals surface area contributed by atoms with E-state index in [0.717, 1.165) is 56.5 Å². The Kier molecular flexibility index (Phi) is 5.08. The molecular formula is C20H25ClN4O2. The smallest absolute Gasteiger partial charge is 0.345 e. The number of hydrogen-bond acceptors (Lipinski definition) is 3. The molecule has 0 saturated heterocycles. The Labute approximate surface area is 163 Å². The van der Waals surface area contributed by atoms with Crippen molar-refractivity contribution in [2.24, 2.45) is 0 Å². The first-order chi connectivity index (χ1) is 13.1. The number of benzene rings is 1. The molecule has 1 fully saturated rings. The lowest BCUT2D eigenvalue weighted by atomic mass is 9.64. The third-order valence-corrected chi connectivity index (χ3v) is 6.12. The third kappa shape index (κ3) is 3.43. The second kappa shape index (κ2) is 7.50. The van der Waals surface area contributed by atoms with Gasteiger partial charge in [0.25, 0.3) is 0 Å². The molecule has 1 N–H and O–H groups in total. The van der Waals surface area contributed by atoms with Gasteiger partial charge in [-0.15, -0.1) is 0 Å². The molecule has 7 heteroatoms. The van der Waals surface area contributed by atoms with Gasteiger partial charge >= 0.3 is 5.69 Å². The quantitative estimate of drug-likeness (QED) is 0.773. The van der Waals surface area contributed by atoms with Crippen LogP contribution >= 0.6 is 11.6 Å². The van der Waals surface area contributed by atoms with Gasteiger partial charge < -0.3 is 5.32 Å². The maximum Gasteiger partial charge on any atom is 0.345 e. The number of amides is 1. The lowest BCUT2D eigenvalue weighted by Crippen LogP contribution is -2.49. The summed E-state index contributed by atoms with van der Waals surface area (Å²) >= 11 is 6.12. The number of aryl methyl sites for hydroxylation is 2. The second-order valence-corrected chi connectivity index (χ2v) is 8.02. The molecular weight excluding hydrogens is 364 g/mol. The predicted octanol–water partition coefficient (Wildman–Crippen LogP) is 2.66. The fraction of sp³-hybridized carbons (Fsp3) is 0.550. The van der Waals surface area contributed by atoms with E-state index in [1.807, 2.05) is 24.3 Å². The van der Waals surface area contributed by atoms with Crippen molar-refractivity contribution in [1.82, 2.24) is 19.7 Å². The van der Waals surface area contributed by atoms with E-state index in [9.17, 15) is 9.59 Å². The molecule has 1 aromatic heterocycles. The van der Waals surface area contributed by atoms with Crippen LogP contribution in [0.2, 0.25) is 5.02 Å². The minimum absolute atomic E-state index is 0.0228. The van der Waals surface area contributed by atoms with Crippen LogP contribution in [0.1, 0.15) is 49.9 Å². The molecule has 1 aliphatic carbocycles. The maximum absolute atomic E-state index is 12.9. The molecule has 27 heavy (non-hydrogen) atoms. The van der Waals surface area contributed by atoms with Crippen LogP contribution in [-0.4, -0.2) is 26.8 Å². The van der Waals surface area contributed by atoms with Crippen LogP contribution in [-0.2, 0) is 29.7 Å². The van der Waals surface area contributed by atoms with Gasteiger partial charge in [-0.25, -0.2) is 9.48 Å². The summed E-state index contributed by atoms with van der Waals surface area (Å²) in [5, 5.41) is 8.16. The fourth-order valence-corrected chi connectivity index (χ4v) is 4.35. The fourth-order valence-electron chi connectivity index (χ4n) is 4.16. The molecule has 0 atom stereocenters. The highest BCUT2D eigenvalue weighted by atomic mass is 35.5. The van der Waals surface area contributed by atoms with E-state index >= 15 is 0 Å². The highest BCUT2D eigenvalue weighted by Crippen LogP contribution is 2.44. The molecule has 2 aromatic rings. The van der Waals surface area contributed by atoms with Crippen LogP contribution in [0.25, 0.3) is 0 Å². The SMILES string of the molecule is O=C(NCCCn1nc2n(c1=O)CCCC2)C1(c2cccc(Cl)c2)CCC1. The zero-order valence-corrected chi connectivity index (χ0v) is 16.2. The Morgan fingerprint density at radius 2 is 2.11 bits per heavy atom. The summed E-state index contributed by atoms with van der Waals surface area (Å²) in [6.45, 7) is 1.84. The van der Waals surface area contributed by atoms with E-state index in [1.54, 1.807) is 9.25 Å². The van der Waals surface area contributed by atoms with E-state index in [-0.39, 0.29) is 11.6 Å². The molecule has 2 heterocycles. The lowest BCUT2D eigenvalue weighted by molar-refractivity contribution is -0.129. The Bertz CT molecular complexity index is 898. The average Bonchev–Trinajstić information content (AvgIpc) is 2.94. The van der Waals surface area contributed by atoms with Crippen molar-refractivity contribution in [3.8, 4) is 0 Å². The van der Waals surface area contributed by atoms with Gasteiger partial charge in [0.05, 0.1) is 5.41 Å². The van der Waals surface area contributed by atoms with E-state index in [1.165, 1.54) is 0 Å². The minimum Gasteiger partial charge on any atom is -0.355 e. The number of rotatable bonds is 6. The number of fused-ring (bicyclic) bond motifs is 1. The summed E-state index contributed by atoms with van der Waals surface area (Å²) in [6, 6.07) is 7.62. The van der Waals surface area contributed by atoms with Gasteiger partial charge in [0.1, 0.15) is 5.82 Å². The van der Waals surface area contributed by atoms with Crippen molar-refractivity contribution in [1.29, 1.82) is 0 Å². The predicted molar refractivity (Wildman–Crippen MR) is 104 cm³/mol. The first-order valence-electron chi connectivity index (χ1n) is 9.81. The van der Waals surface area contributed by atoms with E-state index < -0.39 is 5.41 Å². The van der Waals surface area contributed by atoms with Crippen molar-refractivity contribution in [2.75, 3.05) is 6.54 Å². The Morgan fingerprint density at radius 3 is 2.81 bits per heavy atom. The van der Waals surface area contributed by atoms with E-state index in [0.29, 0.717) is 24.5 Å². The third-order valence-electron chi connectivity index (χ3n) is 5.88. The van der Waals surface area contributed by atoms with Crippen LogP contribution in [0.5, 0.6) is 0 Å². The van der Waals surface area contributed by atoms with Crippen molar-refractivity contribution in [3.05, 3.63) is 51.2 Å². The van der Waals surface area contributed by atoms with Crippen molar-refractivity contribution in [3.63, 3.8) is 0 Å². The lowest BCUT2D eigenvalue weighted by Gasteiger charge is -2.40. The van der Waals surface area contributed by atoms with Gasteiger partial charge in [-0.05, 0) is 49.8 Å². The first kappa shape index (κ1) is 18.3. The van der Waals surface area contributed by atoms with Gasteiger partial charge in [-0.1, -0.05) is 30.2 Å². The first-order valence-corrected chi connectivity index (χ1v) is 10.2. The Morgan fingerprint density at radius 1 is 1.26 bits per heavy atom. The van der Waals surface area contributed by atoms with Crippen molar-refractivity contribution >= 4 is 17.5 Å². The molecule has 0 radical (unpaired) electrons. The van der Waals surface area contributed by atoms with Crippen LogP contribution in [0.15, 0.2) is 29.1 Å². The summed E-state index contributed by atoms with van der Waals surface area (Å²) in [7, 11) is 0. The van der Waals surface area contributed by atoms with Crippen molar-refractivity contribution in [2.45, 2.75) is 63.5 Å². The normalized spacial score (nSPS) is 17.8. The van der Waals surface area contributed by atoms with E-state index in [2.05, 4.69) is 10.4 Å². The van der Waals surface area contributed by atoms with Gasteiger partial charge in [0.15, 0.2) is 0 Å². The summed E-state index contributed by atoms with van der Waals surface area (Å²) < 4.78 is 3.33. The molecule has 1 aromatic carbocycles. The second-order valence-electron chi connectivity index (χ2n) is 7.59. The van der Waals surface area contributed by atoms with Crippen LogP contribution in [0.4, 0.5) is 0 Å². The number of hydrogen-bond donors (Lipinski definition) is 1. The number of carbonyl (C=O) groups is 1. The molecule has 1 amide bonds. The number of nitrogens with one attached hydrogen (secondary N) is 1. The number of halogens is 1. The van der Waals surface area contributed by atoms with Gasteiger partial charge in [-0.2, -0.15) is 5.10 Å². The Balaban J connectivity index is 1.34. The van der Waals surface area contributed by atoms with E-state index in [4.69, 9.17) is 11.6 Å². The highest BCUT2D eigenvalue weighted by molar-refractivity contribution is 6.30. The van der Waals surface area contributed by atoms with Gasteiger partial charge in [-0.3, -0.25) is 9.36 Å². The minimum atomic E-state index is -0.449. The number of nitrogens with zero attached hydrogens (tertiary/aromatic N) is 3. The summed E-state index contributed by atoms with van der Waals surface area (Å²) in [4.78, 5) is 25.2. The number of carbonyl (C=O) groups excluding carboxylic acids is 1. The average molecular weight is 389 g/mol. The molecule has 6 nitrogen and oxygen atoms in total. The zero-order chi connectivity index (χ0) is 18.9. The molecule has 144 valence electrons. The van der Waals surface area contributed by atoms with Crippen LogP contribution in [0.3, 0.4) is 0 Å². The number of aromatic nitrogens is 3. The Hall–Kier alpha value is -2.08. The molecule has 0 spiro atoms. The highest BCUT2D eigenvalue weighted by Gasteiger charge is 2.45.